The van der Waals surface area contributed by atoms with E-state index in [-0.39, 0.29) is 12.1 Å². The maximum absolute atomic E-state index is 6.31. The lowest BCUT2D eigenvalue weighted by Gasteiger charge is -2.35. The van der Waals surface area contributed by atoms with E-state index in [1.54, 1.807) is 0 Å². The Balaban J connectivity index is 1.46. The minimum Gasteiger partial charge on any atom is -0.477 e. The summed E-state index contributed by atoms with van der Waals surface area (Å²) in [5, 5.41) is 2.66. The van der Waals surface area contributed by atoms with Gasteiger partial charge in [0.2, 0.25) is 5.90 Å². The molecular weight excluding hydrogens is 423 g/mol. The fourth-order valence-electron chi connectivity index (χ4n) is 4.77. The molecule has 0 aliphatic carbocycles. The van der Waals surface area contributed by atoms with Gasteiger partial charge < -0.3 is 9.41 Å². The van der Waals surface area contributed by atoms with Gasteiger partial charge in [0.1, 0.15) is 18.7 Å². The van der Waals surface area contributed by atoms with Crippen molar-refractivity contribution in [2.75, 3.05) is 11.3 Å². The first kappa shape index (κ1) is 20.2. The standard InChI is InChI=1S/C29H25N2OP/c1-4-12-22(13-5-1)26-21-32-29(30-26)28-20-23-14-10-11-19-27(23)31(28)33(24-15-6-2-7-16-24)25-17-8-3-9-18-25/h1-19,26,28H,20-21H2/t26-,28-/m0/s1. The van der Waals surface area contributed by atoms with E-state index in [9.17, 15) is 0 Å². The number of anilines is 1. The highest BCUT2D eigenvalue weighted by Gasteiger charge is 2.41. The molecule has 0 N–H and O–H groups in total. The van der Waals surface area contributed by atoms with Crippen LogP contribution < -0.4 is 15.3 Å². The van der Waals surface area contributed by atoms with Crippen molar-refractivity contribution in [3.8, 4) is 0 Å². The molecule has 0 unspecified atom stereocenters. The van der Waals surface area contributed by atoms with Crippen molar-refractivity contribution in [2.45, 2.75) is 18.5 Å². The van der Waals surface area contributed by atoms with E-state index in [1.165, 1.54) is 27.4 Å². The van der Waals surface area contributed by atoms with Crippen LogP contribution in [-0.4, -0.2) is 18.5 Å². The Labute approximate surface area is 196 Å². The summed E-state index contributed by atoms with van der Waals surface area (Å²) in [6.45, 7) is 0.606. The number of hydrogen-bond donors (Lipinski definition) is 0. The summed E-state index contributed by atoms with van der Waals surface area (Å²) in [6, 6.07) is 41.1. The lowest BCUT2D eigenvalue weighted by molar-refractivity contribution is 0.308. The number of para-hydroxylation sites is 1. The molecule has 0 bridgehead atoms. The molecule has 3 nitrogen and oxygen atoms in total. The zero-order chi connectivity index (χ0) is 22.0. The molecule has 2 heterocycles. The Kier molecular flexibility index (Phi) is 5.41. The van der Waals surface area contributed by atoms with E-state index in [4.69, 9.17) is 9.73 Å². The minimum absolute atomic E-state index is 0.0615. The van der Waals surface area contributed by atoms with Crippen molar-refractivity contribution in [1.82, 2.24) is 0 Å². The van der Waals surface area contributed by atoms with Gasteiger partial charge in [0.05, 0.1) is 8.07 Å². The zero-order valence-corrected chi connectivity index (χ0v) is 19.2. The summed E-state index contributed by atoms with van der Waals surface area (Å²) in [7, 11) is -0.790. The van der Waals surface area contributed by atoms with Crippen LogP contribution in [0, 0.1) is 0 Å². The molecule has 0 spiro atoms. The third-order valence-electron chi connectivity index (χ3n) is 6.31. The van der Waals surface area contributed by atoms with E-state index < -0.39 is 8.07 Å². The Morgan fingerprint density at radius 2 is 1.27 bits per heavy atom. The quantitative estimate of drug-likeness (QED) is 0.370. The highest BCUT2D eigenvalue weighted by Crippen LogP contribution is 2.50. The molecule has 0 amide bonds. The molecule has 0 aromatic heterocycles. The number of nitrogens with zero attached hydrogens (tertiary/aromatic N) is 2. The number of ether oxygens (including phenoxy) is 1. The molecule has 2 aliphatic rings. The van der Waals surface area contributed by atoms with Crippen LogP contribution in [0.1, 0.15) is 17.2 Å². The van der Waals surface area contributed by atoms with Crippen molar-refractivity contribution in [2.24, 2.45) is 4.99 Å². The van der Waals surface area contributed by atoms with Crippen molar-refractivity contribution in [3.05, 3.63) is 126 Å². The van der Waals surface area contributed by atoms with E-state index >= 15 is 0 Å². The summed E-state index contributed by atoms with van der Waals surface area (Å²) in [4.78, 5) is 5.11. The molecule has 2 atom stereocenters. The first-order valence-electron chi connectivity index (χ1n) is 11.4. The summed E-state index contributed by atoms with van der Waals surface area (Å²) in [5.41, 5.74) is 3.86. The fourth-order valence-corrected chi connectivity index (χ4v) is 7.34. The van der Waals surface area contributed by atoms with Gasteiger partial charge in [-0.2, -0.15) is 0 Å². The number of hydrogen-bond acceptors (Lipinski definition) is 3. The van der Waals surface area contributed by atoms with Crippen molar-refractivity contribution in [3.63, 3.8) is 0 Å². The van der Waals surface area contributed by atoms with Gasteiger partial charge in [-0.25, -0.2) is 4.99 Å². The van der Waals surface area contributed by atoms with Crippen molar-refractivity contribution >= 4 is 30.3 Å². The lowest BCUT2D eigenvalue weighted by atomic mass is 10.1. The molecule has 0 saturated heterocycles. The van der Waals surface area contributed by atoms with Crippen LogP contribution in [0.2, 0.25) is 0 Å². The third-order valence-corrected chi connectivity index (χ3v) is 8.81. The van der Waals surface area contributed by atoms with E-state index in [1.807, 2.05) is 6.07 Å². The topological polar surface area (TPSA) is 24.8 Å². The monoisotopic (exact) mass is 448 g/mol. The molecular formula is C29H25N2OP. The van der Waals surface area contributed by atoms with Gasteiger partial charge in [-0.15, -0.1) is 0 Å². The van der Waals surface area contributed by atoms with Gasteiger partial charge in [-0.3, -0.25) is 0 Å². The van der Waals surface area contributed by atoms with Crippen LogP contribution in [0.5, 0.6) is 0 Å². The highest BCUT2D eigenvalue weighted by molar-refractivity contribution is 7.74. The molecule has 0 fully saturated rings. The second kappa shape index (κ2) is 8.84. The van der Waals surface area contributed by atoms with Gasteiger partial charge >= 0.3 is 0 Å². The molecule has 4 aromatic carbocycles. The minimum atomic E-state index is -0.790. The summed E-state index contributed by atoms with van der Waals surface area (Å²) >= 11 is 0. The van der Waals surface area contributed by atoms with Gasteiger partial charge in [0, 0.05) is 22.7 Å². The highest BCUT2D eigenvalue weighted by atomic mass is 31.1. The first-order valence-corrected chi connectivity index (χ1v) is 12.7. The van der Waals surface area contributed by atoms with Crippen LogP contribution in [-0.2, 0) is 11.2 Å². The van der Waals surface area contributed by atoms with E-state index in [0.29, 0.717) is 6.61 Å². The maximum Gasteiger partial charge on any atom is 0.208 e. The predicted octanol–water partition coefficient (Wildman–Crippen LogP) is 5.64. The van der Waals surface area contributed by atoms with E-state index in [2.05, 4.69) is 114 Å². The summed E-state index contributed by atoms with van der Waals surface area (Å²) in [6.07, 6.45) is 0.912. The summed E-state index contributed by atoms with van der Waals surface area (Å²) < 4.78 is 8.89. The van der Waals surface area contributed by atoms with Crippen LogP contribution in [0.4, 0.5) is 5.69 Å². The molecule has 33 heavy (non-hydrogen) atoms. The van der Waals surface area contributed by atoms with Gasteiger partial charge in [0.25, 0.3) is 0 Å². The molecule has 4 aromatic rings. The number of benzene rings is 4. The van der Waals surface area contributed by atoms with Crippen molar-refractivity contribution < 1.29 is 4.74 Å². The average Bonchev–Trinajstić information content (AvgIpc) is 3.52. The molecule has 0 saturated carbocycles. The second-order valence-corrected chi connectivity index (χ2v) is 10.5. The average molecular weight is 449 g/mol. The van der Waals surface area contributed by atoms with Crippen LogP contribution in [0.25, 0.3) is 0 Å². The second-order valence-electron chi connectivity index (χ2n) is 8.38. The van der Waals surface area contributed by atoms with Crippen LogP contribution in [0.15, 0.2) is 120 Å². The Morgan fingerprint density at radius 1 is 0.697 bits per heavy atom. The predicted molar refractivity (Wildman–Crippen MR) is 138 cm³/mol. The van der Waals surface area contributed by atoms with Crippen LogP contribution >= 0.6 is 8.07 Å². The Hall–Kier alpha value is -3.42. The van der Waals surface area contributed by atoms with Gasteiger partial charge in [0.15, 0.2) is 0 Å². The number of rotatable bonds is 5. The molecule has 0 radical (unpaired) electrons. The van der Waals surface area contributed by atoms with E-state index in [0.717, 1.165) is 12.3 Å². The van der Waals surface area contributed by atoms with Crippen molar-refractivity contribution in [1.29, 1.82) is 0 Å². The number of aliphatic imine (C=N–C) groups is 1. The largest absolute Gasteiger partial charge is 0.477 e. The number of fused-ring (bicyclic) bond motifs is 1. The maximum atomic E-state index is 6.31. The lowest BCUT2D eigenvalue weighted by Crippen LogP contribution is -2.40. The first-order chi connectivity index (χ1) is 16.4. The SMILES string of the molecule is c1ccc([C@@H]2COC([C@@H]3Cc4ccccc4N3P(c3ccccc3)c3ccccc3)=N2)cc1. The summed E-state index contributed by atoms with van der Waals surface area (Å²) in [5.74, 6) is 0.861. The zero-order valence-electron chi connectivity index (χ0n) is 18.3. The van der Waals surface area contributed by atoms with Gasteiger partial charge in [-0.05, 0) is 17.2 Å². The molecule has 6 rings (SSSR count). The third kappa shape index (κ3) is 3.83. The molecule has 162 valence electrons. The van der Waals surface area contributed by atoms with Gasteiger partial charge in [-0.1, -0.05) is 109 Å². The smallest absolute Gasteiger partial charge is 0.208 e. The molecule has 2 aliphatic heterocycles. The molecule has 4 heteroatoms. The van der Waals surface area contributed by atoms with Crippen LogP contribution in [0.3, 0.4) is 0 Å². The Morgan fingerprint density at radius 3 is 1.94 bits per heavy atom. The normalized spacial score (nSPS) is 19.3. The fraction of sp³-hybridized carbons (Fsp3) is 0.138. The Bertz CT molecular complexity index is 1220.